The Morgan fingerprint density at radius 2 is 1.97 bits per heavy atom. The summed E-state index contributed by atoms with van der Waals surface area (Å²) < 4.78 is 41.3. The summed E-state index contributed by atoms with van der Waals surface area (Å²) >= 11 is 1.00. The molecule has 8 nitrogen and oxygen atoms in total. The van der Waals surface area contributed by atoms with Gasteiger partial charge in [0.1, 0.15) is 11.2 Å². The molecule has 1 atom stereocenters. The molecule has 0 radical (unpaired) electrons. The fourth-order valence-electron chi connectivity index (χ4n) is 3.17. The zero-order chi connectivity index (χ0) is 25.3. The molecule has 1 aromatic carbocycles. The highest BCUT2D eigenvalue weighted by Crippen LogP contribution is 2.29. The molecule has 186 valence electrons. The number of thiazole rings is 1. The zero-order valence-corrected chi connectivity index (χ0v) is 20.2. The number of benzene rings is 1. The van der Waals surface area contributed by atoms with Crippen LogP contribution >= 0.6 is 11.3 Å². The van der Waals surface area contributed by atoms with E-state index in [1.807, 2.05) is 13.8 Å². The van der Waals surface area contributed by atoms with Crippen molar-refractivity contribution >= 4 is 35.4 Å². The summed E-state index contributed by atoms with van der Waals surface area (Å²) in [5.74, 6) is -1.08. The number of methoxy groups -OCH3 is 1. The molecule has 0 spiro atoms. The molecule has 0 bridgehead atoms. The van der Waals surface area contributed by atoms with Crippen LogP contribution in [0.25, 0.3) is 12.2 Å². The van der Waals surface area contributed by atoms with E-state index in [4.69, 9.17) is 9.47 Å². The van der Waals surface area contributed by atoms with Crippen molar-refractivity contribution in [1.29, 1.82) is 0 Å². The van der Waals surface area contributed by atoms with Crippen LogP contribution in [-0.4, -0.2) is 42.8 Å². The molecule has 2 aromatic rings. The van der Waals surface area contributed by atoms with Gasteiger partial charge in [0.05, 0.1) is 24.3 Å². The number of nitrogens with one attached hydrogen (secondary N) is 1. The second kappa shape index (κ2) is 12.9. The van der Waals surface area contributed by atoms with E-state index in [9.17, 15) is 23.2 Å². The van der Waals surface area contributed by atoms with E-state index in [-0.39, 0.29) is 45.8 Å². The quantitative estimate of drug-likeness (QED) is 0.476. The van der Waals surface area contributed by atoms with Gasteiger partial charge in [0.2, 0.25) is 5.91 Å². The molecule has 11 heteroatoms. The van der Waals surface area contributed by atoms with E-state index in [2.05, 4.69) is 10.1 Å². The number of hydrogen-bond acceptors (Lipinski definition) is 7. The van der Waals surface area contributed by atoms with Crippen molar-refractivity contribution in [1.82, 2.24) is 9.88 Å². The van der Waals surface area contributed by atoms with Crippen LogP contribution in [0.5, 0.6) is 11.5 Å². The Kier molecular flexibility index (Phi) is 10.2. The number of amides is 1. The molecule has 1 aromatic heterocycles. The van der Waals surface area contributed by atoms with Gasteiger partial charge in [-0.25, -0.2) is 4.79 Å². The highest BCUT2D eigenvalue weighted by atomic mass is 32.1. The highest BCUT2D eigenvalue weighted by Gasteiger charge is 2.14. The summed E-state index contributed by atoms with van der Waals surface area (Å²) in [7, 11) is 1.31. The van der Waals surface area contributed by atoms with Gasteiger partial charge < -0.3 is 19.5 Å². The monoisotopic (exact) mass is 498 g/mol. The van der Waals surface area contributed by atoms with Crippen molar-refractivity contribution < 1.29 is 32.6 Å². The maximum atomic E-state index is 13.1. The Morgan fingerprint density at radius 1 is 1.24 bits per heavy atom. The molecular formula is C23H28F2N2O6S. The molecule has 34 heavy (non-hydrogen) atoms. The first-order valence-corrected chi connectivity index (χ1v) is 11.5. The summed E-state index contributed by atoms with van der Waals surface area (Å²) in [4.78, 5) is 37.6. The average Bonchev–Trinajstić information content (AvgIpc) is 3.03. The van der Waals surface area contributed by atoms with Gasteiger partial charge in [-0.1, -0.05) is 19.4 Å². The van der Waals surface area contributed by atoms with Crippen molar-refractivity contribution in [2.75, 3.05) is 13.7 Å². The largest absolute Gasteiger partial charge is 0.493 e. The maximum Gasteiger partial charge on any atom is 0.387 e. The van der Waals surface area contributed by atoms with Gasteiger partial charge in [0.25, 0.3) is 5.56 Å². The number of nitrogens with zero attached hydrogens (tertiary/aromatic N) is 1. The van der Waals surface area contributed by atoms with Gasteiger partial charge in [0.15, 0.2) is 11.5 Å². The molecule has 0 fully saturated rings. The maximum absolute atomic E-state index is 13.1. The summed E-state index contributed by atoms with van der Waals surface area (Å²) in [6.45, 7) is 2.40. The third kappa shape index (κ3) is 7.68. The molecular weight excluding hydrogens is 470 g/mol. The fourth-order valence-corrected chi connectivity index (χ4v) is 4.20. The second-order valence-corrected chi connectivity index (χ2v) is 8.34. The van der Waals surface area contributed by atoms with Gasteiger partial charge in [-0.3, -0.25) is 14.2 Å². The third-order valence-corrected chi connectivity index (χ3v) is 5.66. The van der Waals surface area contributed by atoms with E-state index in [1.54, 1.807) is 6.92 Å². The lowest BCUT2D eigenvalue weighted by molar-refractivity contribution is -0.135. The fraction of sp³-hybridized carbons (Fsp3) is 0.435. The van der Waals surface area contributed by atoms with Gasteiger partial charge in [0, 0.05) is 6.04 Å². The minimum Gasteiger partial charge on any atom is -0.493 e. The lowest BCUT2D eigenvalue weighted by Gasteiger charge is -2.12. The summed E-state index contributed by atoms with van der Waals surface area (Å²) in [6.07, 6.45) is 4.36. The van der Waals surface area contributed by atoms with E-state index in [1.165, 1.54) is 36.0 Å². The van der Waals surface area contributed by atoms with Crippen molar-refractivity contribution in [2.45, 2.75) is 52.8 Å². The third-order valence-electron chi connectivity index (χ3n) is 4.60. The Bertz CT molecular complexity index is 1180. The number of ether oxygens (including phenoxy) is 3. The smallest absolute Gasteiger partial charge is 0.387 e. The molecule has 1 amide bonds. The Hall–Kier alpha value is -3.21. The minimum absolute atomic E-state index is 0.0585. The molecule has 0 aliphatic heterocycles. The van der Waals surface area contributed by atoms with Crippen LogP contribution in [0.4, 0.5) is 8.78 Å². The van der Waals surface area contributed by atoms with Gasteiger partial charge in [-0.15, -0.1) is 11.3 Å². The number of hydrogen-bond donors (Lipinski definition) is 1. The first-order chi connectivity index (χ1) is 16.2. The zero-order valence-electron chi connectivity index (χ0n) is 19.4. The van der Waals surface area contributed by atoms with Gasteiger partial charge in [-0.2, -0.15) is 8.78 Å². The van der Waals surface area contributed by atoms with Crippen molar-refractivity contribution in [3.63, 3.8) is 0 Å². The molecule has 0 aliphatic rings. The average molecular weight is 499 g/mol. The van der Waals surface area contributed by atoms with Crippen LogP contribution < -0.4 is 29.5 Å². The Morgan fingerprint density at radius 3 is 2.59 bits per heavy atom. The standard InChI is InChI=1S/C23H28F2N2O6S/c1-5-7-14(3)26-19(28)13-27-20(12-21(29)32-6-2)34-18(22(27)30)11-15-8-9-16(33-23(24)25)17(10-15)31-4/h8-12,14,23H,5-7,13H2,1-4H3,(H,26,28)/b18-11+,20-12-/t14-/m0/s1. The minimum atomic E-state index is -3.01. The van der Waals surface area contributed by atoms with Crippen LogP contribution in [0.15, 0.2) is 23.0 Å². The molecule has 0 saturated carbocycles. The van der Waals surface area contributed by atoms with Crippen molar-refractivity contribution in [3.8, 4) is 11.5 Å². The van der Waals surface area contributed by atoms with Crippen molar-refractivity contribution in [3.05, 3.63) is 43.3 Å². The SMILES string of the molecule is CCC[C@H](C)NC(=O)Cn1c(=O)/c(=C\c2ccc(OC(F)F)c(OC)c2)s/c1=C\C(=O)OCC. The Labute approximate surface area is 199 Å². The molecule has 2 rings (SSSR count). The number of alkyl halides is 2. The summed E-state index contributed by atoms with van der Waals surface area (Å²) in [6, 6.07) is 4.17. The highest BCUT2D eigenvalue weighted by molar-refractivity contribution is 7.07. The lowest BCUT2D eigenvalue weighted by Crippen LogP contribution is -2.41. The van der Waals surface area contributed by atoms with Gasteiger partial charge in [-0.05, 0) is 44.0 Å². The molecule has 0 unspecified atom stereocenters. The number of rotatable bonds is 11. The molecule has 1 heterocycles. The second-order valence-electron chi connectivity index (χ2n) is 7.28. The van der Waals surface area contributed by atoms with E-state index >= 15 is 0 Å². The molecule has 1 N–H and O–H groups in total. The van der Waals surface area contributed by atoms with Crippen molar-refractivity contribution in [2.24, 2.45) is 0 Å². The number of aromatic nitrogens is 1. The van der Waals surface area contributed by atoms with Crippen LogP contribution in [-0.2, 0) is 20.9 Å². The summed E-state index contributed by atoms with van der Waals surface area (Å²) in [5.41, 5.74) is -0.00149. The van der Waals surface area contributed by atoms with E-state index < -0.39 is 18.1 Å². The van der Waals surface area contributed by atoms with E-state index in [0.717, 1.165) is 30.3 Å². The number of halogens is 2. The van der Waals surface area contributed by atoms with Crippen LogP contribution in [0.1, 0.15) is 39.2 Å². The van der Waals surface area contributed by atoms with E-state index in [0.29, 0.717) is 5.56 Å². The topological polar surface area (TPSA) is 95.9 Å². The summed E-state index contributed by atoms with van der Waals surface area (Å²) in [5, 5.41) is 2.83. The number of esters is 1. The van der Waals surface area contributed by atoms with Crippen LogP contribution in [0, 0.1) is 0 Å². The predicted octanol–water partition coefficient (Wildman–Crippen LogP) is 2.00. The predicted molar refractivity (Wildman–Crippen MR) is 125 cm³/mol. The molecule has 0 aliphatic carbocycles. The lowest BCUT2D eigenvalue weighted by atomic mass is 10.2. The van der Waals surface area contributed by atoms with Crippen LogP contribution in [0.2, 0.25) is 0 Å². The van der Waals surface area contributed by atoms with Crippen LogP contribution in [0.3, 0.4) is 0 Å². The first kappa shape index (κ1) is 27.0. The number of carbonyl (C=O) groups is 2. The Balaban J connectivity index is 2.51. The number of carbonyl (C=O) groups excluding carboxylic acids is 2. The first-order valence-electron chi connectivity index (χ1n) is 10.7. The molecule has 0 saturated heterocycles. The normalized spacial score (nSPS) is 13.1. The van der Waals surface area contributed by atoms with Gasteiger partial charge >= 0.3 is 12.6 Å².